The number of hydrogen-bond donors (Lipinski definition) is 1. The van der Waals surface area contributed by atoms with E-state index in [-0.39, 0.29) is 35.5 Å². The first-order chi connectivity index (χ1) is 8.45. The van der Waals surface area contributed by atoms with Gasteiger partial charge in [0.15, 0.2) is 0 Å². The van der Waals surface area contributed by atoms with Gasteiger partial charge in [-0.3, -0.25) is 9.59 Å². The summed E-state index contributed by atoms with van der Waals surface area (Å²) in [7, 11) is 0. The zero-order valence-electron chi connectivity index (χ0n) is 12.0. The molecule has 1 heterocycles. The number of unbranched alkanes of at least 4 members (excludes halogenated alkanes) is 1. The molecule has 0 saturated carbocycles. The molecule has 1 unspecified atom stereocenters. The molecule has 0 saturated heterocycles. The maximum Gasteiger partial charge on any atom is 1.00 e. The molecule has 2 amide bonds. The molecule has 1 N–H and O–H groups in total. The van der Waals surface area contributed by atoms with Crippen molar-refractivity contribution in [3.63, 3.8) is 0 Å². The van der Waals surface area contributed by atoms with E-state index in [0.717, 1.165) is 18.6 Å². The normalized spacial score (nSPS) is 22.8. The number of amides is 2. The van der Waals surface area contributed by atoms with Crippen molar-refractivity contribution in [2.24, 2.45) is 16.3 Å². The molecule has 102 valence electrons. The second-order valence-corrected chi connectivity index (χ2v) is 5.81. The van der Waals surface area contributed by atoms with Gasteiger partial charge in [-0.25, -0.2) is 4.99 Å². The number of nitrogens with zero attached hydrogens (tertiary/aromatic N) is 1. The fraction of sp³-hybridized carbons (Fsp3) is 0.750. The van der Waals surface area contributed by atoms with Crippen molar-refractivity contribution in [3.8, 4) is 0 Å². The van der Waals surface area contributed by atoms with Crippen LogP contribution in [0.5, 0.6) is 0 Å². The molecule has 0 aromatic carbocycles. The van der Waals surface area contributed by atoms with Gasteiger partial charge in [-0.05, 0) is 18.1 Å². The van der Waals surface area contributed by atoms with Crippen LogP contribution in [-0.4, -0.2) is 29.3 Å². The molecule has 19 heavy (non-hydrogen) atoms. The molecule has 0 aromatic rings. The van der Waals surface area contributed by atoms with Gasteiger partial charge in [-0.2, -0.15) is 11.8 Å². The Morgan fingerprint density at radius 3 is 2.53 bits per heavy atom. The summed E-state index contributed by atoms with van der Waals surface area (Å²) >= 11 is 1.57. The molecule has 1 atom stereocenters. The molecule has 5 nitrogen and oxygen atoms in total. The van der Waals surface area contributed by atoms with Crippen molar-refractivity contribution in [3.05, 3.63) is 0 Å². The molecule has 1 rings (SSSR count). The van der Waals surface area contributed by atoms with E-state index in [1.54, 1.807) is 11.8 Å². The van der Waals surface area contributed by atoms with Crippen molar-refractivity contribution in [1.82, 2.24) is 5.32 Å². The monoisotopic (exact) mass is 294 g/mol. The second-order valence-electron chi connectivity index (χ2n) is 4.71. The van der Waals surface area contributed by atoms with Crippen molar-refractivity contribution in [1.29, 1.82) is 0 Å². The van der Waals surface area contributed by atoms with Crippen molar-refractivity contribution in [2.45, 2.75) is 33.6 Å². The average molecular weight is 294 g/mol. The van der Waals surface area contributed by atoms with Crippen molar-refractivity contribution < 1.29 is 44.3 Å². The van der Waals surface area contributed by atoms with Gasteiger partial charge < -0.3 is 10.4 Å². The minimum absolute atomic E-state index is 0. The van der Waals surface area contributed by atoms with Crippen LogP contribution in [0.15, 0.2) is 4.99 Å². The number of carbonyl (C=O) groups is 2. The van der Waals surface area contributed by atoms with E-state index in [1.807, 2.05) is 13.8 Å². The molecular formula is C12H19N2NaO3S. The number of rotatable bonds is 6. The van der Waals surface area contributed by atoms with E-state index in [2.05, 4.69) is 17.2 Å². The molecule has 0 spiro atoms. The number of hydrogen-bond acceptors (Lipinski definition) is 4. The Kier molecular flexibility index (Phi) is 8.27. The largest absolute Gasteiger partial charge is 1.00 e. The summed E-state index contributed by atoms with van der Waals surface area (Å²) in [5, 5.41) is 13.2. The van der Waals surface area contributed by atoms with Crippen molar-refractivity contribution in [2.75, 3.05) is 11.5 Å². The first-order valence-electron chi connectivity index (χ1n) is 6.14. The van der Waals surface area contributed by atoms with Gasteiger partial charge in [0.1, 0.15) is 5.41 Å². The van der Waals surface area contributed by atoms with Gasteiger partial charge in [0.25, 0.3) is 5.91 Å². The Bertz CT molecular complexity index is 374. The summed E-state index contributed by atoms with van der Waals surface area (Å²) in [4.78, 5) is 27.4. The second kappa shape index (κ2) is 8.29. The summed E-state index contributed by atoms with van der Waals surface area (Å²) < 4.78 is 0. The van der Waals surface area contributed by atoms with E-state index in [0.29, 0.717) is 5.75 Å². The topological polar surface area (TPSA) is 81.6 Å². The molecule has 0 radical (unpaired) electrons. The fourth-order valence-electron chi connectivity index (χ4n) is 1.81. The first kappa shape index (κ1) is 19.0. The molecule has 1 aliphatic rings. The number of aliphatic imine (C=N–C) groups is 1. The van der Waals surface area contributed by atoms with Gasteiger partial charge in [0.2, 0.25) is 5.91 Å². The van der Waals surface area contributed by atoms with Crippen LogP contribution in [0, 0.1) is 11.3 Å². The Balaban J connectivity index is 0.00000324. The number of thioether (sulfide) groups is 1. The maximum absolute atomic E-state index is 12.0. The minimum atomic E-state index is -1.19. The van der Waals surface area contributed by atoms with E-state index >= 15 is 0 Å². The van der Waals surface area contributed by atoms with Crippen LogP contribution >= 0.6 is 11.8 Å². The van der Waals surface area contributed by atoms with E-state index in [4.69, 9.17) is 0 Å². The number of nitrogens with one attached hydrogen (secondary N) is 1. The Morgan fingerprint density at radius 1 is 1.42 bits per heavy atom. The van der Waals surface area contributed by atoms with Crippen LogP contribution < -0.4 is 40.0 Å². The van der Waals surface area contributed by atoms with Gasteiger partial charge in [0, 0.05) is 5.75 Å². The van der Waals surface area contributed by atoms with Crippen LogP contribution in [0.2, 0.25) is 0 Å². The number of carbonyl (C=O) groups excluding carboxylic acids is 2. The van der Waals surface area contributed by atoms with Gasteiger partial charge in [-0.1, -0.05) is 27.2 Å². The van der Waals surface area contributed by atoms with Gasteiger partial charge >= 0.3 is 29.6 Å². The molecule has 1 aliphatic heterocycles. The van der Waals surface area contributed by atoms with E-state index in [9.17, 15) is 14.7 Å². The van der Waals surface area contributed by atoms with Gasteiger partial charge in [0.05, 0.1) is 6.02 Å². The summed E-state index contributed by atoms with van der Waals surface area (Å²) in [6.07, 6.45) is 2.12. The van der Waals surface area contributed by atoms with Crippen LogP contribution in [0.25, 0.3) is 0 Å². The summed E-state index contributed by atoms with van der Waals surface area (Å²) in [5.41, 5.74) is -1.19. The van der Waals surface area contributed by atoms with Crippen LogP contribution in [0.3, 0.4) is 0 Å². The third-order valence-electron chi connectivity index (χ3n) is 3.17. The fourth-order valence-corrected chi connectivity index (χ4v) is 3.36. The van der Waals surface area contributed by atoms with E-state index < -0.39 is 23.3 Å². The van der Waals surface area contributed by atoms with E-state index in [1.165, 1.54) is 0 Å². The quantitative estimate of drug-likeness (QED) is 0.335. The van der Waals surface area contributed by atoms with Crippen LogP contribution in [-0.2, 0) is 9.59 Å². The Hall–Kier alpha value is -0.0400. The van der Waals surface area contributed by atoms with Crippen LogP contribution in [0.1, 0.15) is 33.6 Å². The third-order valence-corrected chi connectivity index (χ3v) is 4.40. The predicted molar refractivity (Wildman–Crippen MR) is 70.1 cm³/mol. The molecular weight excluding hydrogens is 275 g/mol. The first-order valence-corrected chi connectivity index (χ1v) is 7.30. The average Bonchev–Trinajstić information content (AvgIpc) is 2.26. The summed E-state index contributed by atoms with van der Waals surface area (Å²) in [6.45, 7) is 5.71. The smallest absolute Gasteiger partial charge is 0.846 e. The zero-order valence-corrected chi connectivity index (χ0v) is 14.8. The third kappa shape index (κ3) is 4.21. The molecule has 0 fully saturated rings. The summed E-state index contributed by atoms with van der Waals surface area (Å²) in [6, 6.07) is -0.847. The van der Waals surface area contributed by atoms with Crippen molar-refractivity contribution >= 4 is 29.6 Å². The Morgan fingerprint density at radius 2 is 2.05 bits per heavy atom. The molecule has 0 bridgehead atoms. The maximum atomic E-state index is 12.0. The molecule has 0 aromatic heterocycles. The van der Waals surface area contributed by atoms with Crippen LogP contribution in [0.4, 0.5) is 0 Å². The summed E-state index contributed by atoms with van der Waals surface area (Å²) in [5.74, 6) is -0.0105. The Labute approximate surface area is 140 Å². The zero-order chi connectivity index (χ0) is 13.8. The molecule has 0 aliphatic carbocycles. The minimum Gasteiger partial charge on any atom is -0.846 e. The predicted octanol–water partition coefficient (Wildman–Crippen LogP) is -2.46. The standard InChI is InChI=1S/C12H20N2O3S.Na/c1-4-5-6-18-7-12(8(2)3)9(15)13-11(17)14-10(12)16;/h8H,4-7H2,1-3H3,(H2,13,14,15,16,17);/q;+1/p-1. The molecule has 7 heteroatoms. The number of amidine groups is 1. The van der Waals surface area contributed by atoms with Gasteiger partial charge in [-0.15, -0.1) is 0 Å². The SMILES string of the molecule is CCCCSCC1(C(C)C)C(=O)N=C([O-])NC1=O.[Na+].